The summed E-state index contributed by atoms with van der Waals surface area (Å²) in [7, 11) is 0. The van der Waals surface area contributed by atoms with Gasteiger partial charge in [-0.2, -0.15) is 0 Å². The topological polar surface area (TPSA) is 71.0 Å². The van der Waals surface area contributed by atoms with E-state index in [4.69, 9.17) is 21.1 Å². The number of carbonyl (C=O) groups excluding carboxylic acids is 1. The Morgan fingerprint density at radius 2 is 2.00 bits per heavy atom. The van der Waals surface area contributed by atoms with Crippen molar-refractivity contribution in [1.29, 1.82) is 0 Å². The first-order valence-electron chi connectivity index (χ1n) is 10.8. The number of ether oxygens (including phenoxy) is 2. The number of carbonyl (C=O) groups is 1. The van der Waals surface area contributed by atoms with Gasteiger partial charge in [-0.15, -0.1) is 0 Å². The molecule has 1 aliphatic heterocycles. The van der Waals surface area contributed by atoms with Gasteiger partial charge in [0.1, 0.15) is 11.9 Å². The highest BCUT2D eigenvalue weighted by atomic mass is 35.5. The molecule has 3 rings (SSSR count). The molecule has 2 aliphatic rings. The molecular formula is C22H33ClN2O4. The molecule has 0 radical (unpaired) electrons. The zero-order chi connectivity index (χ0) is 20.6. The van der Waals surface area contributed by atoms with E-state index in [1.807, 2.05) is 6.92 Å². The Balaban J connectivity index is 1.55. The number of rotatable bonds is 9. The molecule has 2 fully saturated rings. The minimum absolute atomic E-state index is 0.101. The van der Waals surface area contributed by atoms with E-state index in [1.54, 1.807) is 18.2 Å². The first kappa shape index (κ1) is 22.3. The van der Waals surface area contributed by atoms with Gasteiger partial charge in [0.05, 0.1) is 18.3 Å². The van der Waals surface area contributed by atoms with E-state index in [9.17, 15) is 9.90 Å². The zero-order valence-electron chi connectivity index (χ0n) is 17.2. The molecule has 1 aromatic rings. The van der Waals surface area contributed by atoms with Gasteiger partial charge in [0.2, 0.25) is 0 Å². The maximum Gasteiger partial charge on any atom is 0.255 e. The van der Waals surface area contributed by atoms with Crippen LogP contribution in [0.1, 0.15) is 55.8 Å². The largest absolute Gasteiger partial charge is 0.489 e. The van der Waals surface area contributed by atoms with Crippen molar-refractivity contribution in [3.8, 4) is 5.75 Å². The summed E-state index contributed by atoms with van der Waals surface area (Å²) in [6.45, 7) is 4.79. The first-order chi connectivity index (χ1) is 14.1. The quantitative estimate of drug-likeness (QED) is 0.636. The summed E-state index contributed by atoms with van der Waals surface area (Å²) >= 11 is 6.12. The SMILES string of the molecule is CCOC[C@@H](O)CNC(=O)c1cc(Cl)ccc1OC1CCN(C2CCCC2)CC1. The number of nitrogens with zero attached hydrogens (tertiary/aromatic N) is 1. The van der Waals surface area contributed by atoms with Crippen molar-refractivity contribution in [3.05, 3.63) is 28.8 Å². The van der Waals surface area contributed by atoms with Crippen LogP contribution < -0.4 is 10.1 Å². The Hall–Kier alpha value is -1.34. The number of likely N-dealkylation sites (tertiary alicyclic amines) is 1. The van der Waals surface area contributed by atoms with Crippen molar-refractivity contribution in [3.63, 3.8) is 0 Å². The number of halogens is 1. The van der Waals surface area contributed by atoms with Crippen LogP contribution in [0, 0.1) is 0 Å². The molecule has 1 heterocycles. The average molecular weight is 425 g/mol. The molecule has 1 aromatic carbocycles. The number of amides is 1. The lowest BCUT2D eigenvalue weighted by Crippen LogP contribution is -2.43. The first-order valence-corrected chi connectivity index (χ1v) is 11.2. The van der Waals surface area contributed by atoms with E-state index in [1.165, 1.54) is 25.7 Å². The highest BCUT2D eigenvalue weighted by molar-refractivity contribution is 6.31. The van der Waals surface area contributed by atoms with Crippen molar-refractivity contribution in [2.45, 2.75) is 63.7 Å². The Morgan fingerprint density at radius 1 is 1.28 bits per heavy atom. The van der Waals surface area contributed by atoms with Gasteiger partial charge in [-0.05, 0) is 50.8 Å². The fourth-order valence-electron chi connectivity index (χ4n) is 4.21. The third-order valence-electron chi connectivity index (χ3n) is 5.81. The number of piperidine rings is 1. The number of aliphatic hydroxyl groups is 1. The second-order valence-corrected chi connectivity index (χ2v) is 8.39. The van der Waals surface area contributed by atoms with Crippen LogP contribution in [0.25, 0.3) is 0 Å². The molecule has 1 saturated heterocycles. The van der Waals surface area contributed by atoms with Gasteiger partial charge in [0, 0.05) is 37.3 Å². The maximum absolute atomic E-state index is 12.7. The van der Waals surface area contributed by atoms with Crippen molar-refractivity contribution in [1.82, 2.24) is 10.2 Å². The highest BCUT2D eigenvalue weighted by Gasteiger charge is 2.28. The second-order valence-electron chi connectivity index (χ2n) is 7.96. The predicted molar refractivity (Wildman–Crippen MR) is 114 cm³/mol. The standard InChI is InChI=1S/C22H33ClN2O4/c1-2-28-15-18(26)14-24-22(27)20-13-16(23)7-8-21(20)29-19-9-11-25(12-10-19)17-5-3-4-6-17/h7-8,13,17-19,26H,2-6,9-12,14-15H2,1H3,(H,24,27)/t18-/m0/s1. The van der Waals surface area contributed by atoms with Crippen LogP contribution in [0.3, 0.4) is 0 Å². The lowest BCUT2D eigenvalue weighted by atomic mass is 10.0. The number of hydrogen-bond acceptors (Lipinski definition) is 5. The smallest absolute Gasteiger partial charge is 0.255 e. The van der Waals surface area contributed by atoms with Gasteiger partial charge in [-0.1, -0.05) is 24.4 Å². The van der Waals surface area contributed by atoms with Crippen LogP contribution >= 0.6 is 11.6 Å². The maximum atomic E-state index is 12.7. The molecule has 0 spiro atoms. The fourth-order valence-corrected chi connectivity index (χ4v) is 4.38. The van der Waals surface area contributed by atoms with E-state index < -0.39 is 6.10 Å². The molecule has 1 saturated carbocycles. The molecule has 1 aliphatic carbocycles. The molecule has 29 heavy (non-hydrogen) atoms. The molecule has 2 N–H and O–H groups in total. The van der Waals surface area contributed by atoms with Crippen LogP contribution in [-0.4, -0.2) is 67.0 Å². The van der Waals surface area contributed by atoms with Gasteiger partial charge in [-0.3, -0.25) is 4.79 Å². The van der Waals surface area contributed by atoms with E-state index in [0.29, 0.717) is 22.9 Å². The molecule has 0 aromatic heterocycles. The summed E-state index contributed by atoms with van der Waals surface area (Å²) in [5.74, 6) is 0.243. The molecule has 7 heteroatoms. The van der Waals surface area contributed by atoms with Crippen molar-refractivity contribution >= 4 is 17.5 Å². The monoisotopic (exact) mass is 424 g/mol. The zero-order valence-corrected chi connectivity index (χ0v) is 18.0. The number of nitrogens with one attached hydrogen (secondary N) is 1. The van der Waals surface area contributed by atoms with Crippen LogP contribution in [0.4, 0.5) is 0 Å². The van der Waals surface area contributed by atoms with Gasteiger partial charge in [-0.25, -0.2) is 0 Å². The highest BCUT2D eigenvalue weighted by Crippen LogP contribution is 2.29. The molecule has 1 amide bonds. The molecule has 1 atom stereocenters. The fraction of sp³-hybridized carbons (Fsp3) is 0.682. The Bertz CT molecular complexity index is 658. The summed E-state index contributed by atoms with van der Waals surface area (Å²) in [5.41, 5.74) is 0.402. The summed E-state index contributed by atoms with van der Waals surface area (Å²) in [5, 5.41) is 13.1. The Kier molecular flexibility index (Phi) is 8.60. The number of aliphatic hydroxyl groups excluding tert-OH is 1. The average Bonchev–Trinajstić information content (AvgIpc) is 3.27. The van der Waals surface area contributed by atoms with Crippen LogP contribution in [0.2, 0.25) is 5.02 Å². The molecule has 0 unspecified atom stereocenters. The van der Waals surface area contributed by atoms with E-state index in [2.05, 4.69) is 10.2 Å². The second kappa shape index (κ2) is 11.2. The minimum Gasteiger partial charge on any atom is -0.489 e. The van der Waals surface area contributed by atoms with Crippen LogP contribution in [-0.2, 0) is 4.74 Å². The number of hydrogen-bond donors (Lipinski definition) is 2. The van der Waals surface area contributed by atoms with Gasteiger partial charge in [0.15, 0.2) is 0 Å². The summed E-state index contributed by atoms with van der Waals surface area (Å²) < 4.78 is 11.4. The summed E-state index contributed by atoms with van der Waals surface area (Å²) in [6, 6.07) is 5.87. The molecular weight excluding hydrogens is 392 g/mol. The minimum atomic E-state index is -0.748. The van der Waals surface area contributed by atoms with Crippen molar-refractivity contribution in [2.75, 3.05) is 32.8 Å². The van der Waals surface area contributed by atoms with Gasteiger partial charge in [0.25, 0.3) is 5.91 Å². The van der Waals surface area contributed by atoms with Crippen molar-refractivity contribution in [2.24, 2.45) is 0 Å². The van der Waals surface area contributed by atoms with E-state index in [-0.39, 0.29) is 25.2 Å². The Morgan fingerprint density at radius 3 is 2.69 bits per heavy atom. The molecule has 0 bridgehead atoms. The van der Waals surface area contributed by atoms with Crippen LogP contribution in [0.5, 0.6) is 5.75 Å². The van der Waals surface area contributed by atoms with Gasteiger partial charge < -0.3 is 24.8 Å². The van der Waals surface area contributed by atoms with E-state index in [0.717, 1.165) is 32.0 Å². The molecule has 6 nitrogen and oxygen atoms in total. The van der Waals surface area contributed by atoms with Crippen LogP contribution in [0.15, 0.2) is 18.2 Å². The summed E-state index contributed by atoms with van der Waals surface area (Å²) in [6.07, 6.45) is 6.63. The Labute approximate surface area is 178 Å². The summed E-state index contributed by atoms with van der Waals surface area (Å²) in [4.78, 5) is 15.3. The van der Waals surface area contributed by atoms with E-state index >= 15 is 0 Å². The van der Waals surface area contributed by atoms with Gasteiger partial charge >= 0.3 is 0 Å². The predicted octanol–water partition coefficient (Wildman–Crippen LogP) is 3.25. The van der Waals surface area contributed by atoms with Crippen molar-refractivity contribution < 1.29 is 19.4 Å². The third kappa shape index (κ3) is 6.57. The molecule has 162 valence electrons. The normalized spacial score (nSPS) is 20.0. The number of benzene rings is 1. The lowest BCUT2D eigenvalue weighted by Gasteiger charge is -2.36. The lowest BCUT2D eigenvalue weighted by molar-refractivity contribution is 0.0417. The third-order valence-corrected chi connectivity index (χ3v) is 6.05.